The molecule has 0 atom stereocenters. The number of nitriles is 1. The molecule has 1 aromatic heterocycles. The highest BCUT2D eigenvalue weighted by atomic mass is 32.1. The number of oxime groups is 1. The van der Waals surface area contributed by atoms with E-state index >= 15 is 0 Å². The van der Waals surface area contributed by atoms with Crippen LogP contribution >= 0.6 is 11.3 Å². The number of hydrogen-bond donors (Lipinski definition) is 0. The third-order valence-electron chi connectivity index (χ3n) is 1.57. The first-order valence-corrected chi connectivity index (χ1v) is 8.93. The summed E-state index contributed by atoms with van der Waals surface area (Å²) >= 11 is 1.51. The van der Waals surface area contributed by atoms with Crippen LogP contribution in [0.25, 0.3) is 0 Å². The fourth-order valence-electron chi connectivity index (χ4n) is 0.924. The van der Waals surface area contributed by atoms with Gasteiger partial charge in [-0.25, -0.2) is 0 Å². The Kier molecular flexibility index (Phi) is 3.66. The summed E-state index contributed by atoms with van der Waals surface area (Å²) in [5.41, 5.74) is 1.45. The first kappa shape index (κ1) is 11.9. The molecule has 0 spiro atoms. The van der Waals surface area contributed by atoms with Crippen LogP contribution in [-0.2, 0) is 4.53 Å². The van der Waals surface area contributed by atoms with Crippen molar-refractivity contribution in [2.24, 2.45) is 5.16 Å². The SMILES string of the molecule is C/C(=N\O[Si](C)(C)C)c1sccc1C#N. The predicted molar refractivity (Wildman–Crippen MR) is 65.7 cm³/mol. The van der Waals surface area contributed by atoms with Crippen LogP contribution in [-0.4, -0.2) is 14.0 Å². The summed E-state index contributed by atoms with van der Waals surface area (Å²) in [4.78, 5) is 0.899. The van der Waals surface area contributed by atoms with Gasteiger partial charge in [0.15, 0.2) is 0 Å². The zero-order valence-corrected chi connectivity index (χ0v) is 11.2. The minimum atomic E-state index is -1.63. The molecule has 1 aromatic rings. The second-order valence-electron chi connectivity index (χ2n) is 4.16. The molecule has 0 saturated carbocycles. The third kappa shape index (κ3) is 3.50. The van der Waals surface area contributed by atoms with Gasteiger partial charge in [-0.2, -0.15) is 5.26 Å². The van der Waals surface area contributed by atoms with Crippen LogP contribution in [0.2, 0.25) is 19.6 Å². The van der Waals surface area contributed by atoms with Gasteiger partial charge in [-0.1, -0.05) is 0 Å². The summed E-state index contributed by atoms with van der Waals surface area (Å²) < 4.78 is 5.44. The molecule has 0 amide bonds. The summed E-state index contributed by atoms with van der Waals surface area (Å²) in [6.07, 6.45) is 0. The van der Waals surface area contributed by atoms with Gasteiger partial charge in [-0.05, 0) is 38.0 Å². The smallest absolute Gasteiger partial charge is 0.278 e. The van der Waals surface area contributed by atoms with Crippen LogP contribution in [0.5, 0.6) is 0 Å². The van der Waals surface area contributed by atoms with Crippen LogP contribution in [0.1, 0.15) is 17.4 Å². The van der Waals surface area contributed by atoms with Gasteiger partial charge in [-0.3, -0.25) is 0 Å². The van der Waals surface area contributed by atoms with Crippen molar-refractivity contribution in [3.63, 3.8) is 0 Å². The van der Waals surface area contributed by atoms with E-state index in [1.807, 2.05) is 12.3 Å². The van der Waals surface area contributed by atoms with Gasteiger partial charge in [0, 0.05) is 0 Å². The molecule has 0 aliphatic rings. The van der Waals surface area contributed by atoms with Crippen molar-refractivity contribution < 1.29 is 4.53 Å². The number of thiophene rings is 1. The number of nitrogens with zero attached hydrogens (tertiary/aromatic N) is 2. The van der Waals surface area contributed by atoms with Crippen molar-refractivity contribution in [3.05, 3.63) is 21.9 Å². The highest BCUT2D eigenvalue weighted by molar-refractivity contribution is 7.12. The third-order valence-corrected chi connectivity index (χ3v) is 3.23. The Morgan fingerprint density at radius 2 is 2.20 bits per heavy atom. The van der Waals surface area contributed by atoms with E-state index < -0.39 is 8.32 Å². The van der Waals surface area contributed by atoms with Gasteiger partial charge in [0.05, 0.1) is 16.2 Å². The minimum Gasteiger partial charge on any atom is -0.455 e. The minimum absolute atomic E-state index is 0.667. The molecule has 0 N–H and O–H groups in total. The van der Waals surface area contributed by atoms with Crippen LogP contribution in [0.15, 0.2) is 16.6 Å². The van der Waals surface area contributed by atoms with Crippen molar-refractivity contribution in [1.29, 1.82) is 5.26 Å². The molecule has 0 fully saturated rings. The summed E-state index contributed by atoms with van der Waals surface area (Å²) in [6.45, 7) is 8.09. The lowest BCUT2D eigenvalue weighted by molar-refractivity contribution is 0.335. The van der Waals surface area contributed by atoms with Crippen molar-refractivity contribution in [2.75, 3.05) is 0 Å². The molecule has 0 saturated heterocycles. The maximum atomic E-state index is 8.85. The van der Waals surface area contributed by atoms with E-state index in [0.29, 0.717) is 5.56 Å². The van der Waals surface area contributed by atoms with Crippen LogP contribution in [0.4, 0.5) is 0 Å². The highest BCUT2D eigenvalue weighted by Crippen LogP contribution is 2.17. The van der Waals surface area contributed by atoms with Crippen molar-refractivity contribution in [1.82, 2.24) is 0 Å². The second kappa shape index (κ2) is 4.60. The van der Waals surface area contributed by atoms with Crippen LogP contribution in [0.3, 0.4) is 0 Å². The van der Waals surface area contributed by atoms with Gasteiger partial charge in [0.25, 0.3) is 8.32 Å². The lowest BCUT2D eigenvalue weighted by Crippen LogP contribution is -2.22. The molecule has 0 radical (unpaired) electrons. The first-order chi connectivity index (χ1) is 6.94. The average molecular weight is 238 g/mol. The Bertz CT molecular complexity index is 412. The largest absolute Gasteiger partial charge is 0.455 e. The van der Waals surface area contributed by atoms with Crippen LogP contribution in [0, 0.1) is 11.3 Å². The van der Waals surface area contributed by atoms with Crippen molar-refractivity contribution >= 4 is 25.4 Å². The summed E-state index contributed by atoms with van der Waals surface area (Å²) in [5.74, 6) is 0. The van der Waals surface area contributed by atoms with Gasteiger partial charge in [0.1, 0.15) is 6.07 Å². The number of rotatable bonds is 3. The fraction of sp³-hybridized carbons (Fsp3) is 0.400. The molecule has 0 unspecified atom stereocenters. The Hall–Kier alpha value is -1.12. The van der Waals surface area contributed by atoms with Gasteiger partial charge < -0.3 is 4.53 Å². The average Bonchev–Trinajstić information content (AvgIpc) is 2.60. The molecule has 5 heteroatoms. The molecular weight excluding hydrogens is 224 g/mol. The Labute approximate surface area is 95.1 Å². The quantitative estimate of drug-likeness (QED) is 0.461. The van der Waals surface area contributed by atoms with E-state index in [1.54, 1.807) is 6.07 Å². The summed E-state index contributed by atoms with van der Waals surface area (Å²) in [5, 5.41) is 14.8. The van der Waals surface area contributed by atoms with E-state index in [4.69, 9.17) is 9.79 Å². The van der Waals surface area contributed by atoms with Crippen LogP contribution < -0.4 is 0 Å². The monoisotopic (exact) mass is 238 g/mol. The van der Waals surface area contributed by atoms with Gasteiger partial charge >= 0.3 is 0 Å². The normalized spacial score (nSPS) is 12.3. The molecule has 1 rings (SSSR count). The van der Waals surface area contributed by atoms with E-state index in [1.165, 1.54) is 11.3 Å². The molecule has 1 heterocycles. The highest BCUT2D eigenvalue weighted by Gasteiger charge is 2.16. The van der Waals surface area contributed by atoms with Gasteiger partial charge in [-0.15, -0.1) is 16.5 Å². The lowest BCUT2D eigenvalue weighted by Gasteiger charge is -2.13. The topological polar surface area (TPSA) is 45.4 Å². The molecule has 0 bridgehead atoms. The molecule has 0 aromatic carbocycles. The first-order valence-electron chi connectivity index (χ1n) is 4.65. The molecule has 0 aliphatic heterocycles. The number of hydrogen-bond acceptors (Lipinski definition) is 4. The van der Waals surface area contributed by atoms with Crippen molar-refractivity contribution in [3.8, 4) is 6.07 Å². The predicted octanol–water partition coefficient (Wildman–Crippen LogP) is 3.20. The van der Waals surface area contributed by atoms with E-state index in [2.05, 4.69) is 30.9 Å². The molecule has 15 heavy (non-hydrogen) atoms. The van der Waals surface area contributed by atoms with Gasteiger partial charge in [0.2, 0.25) is 0 Å². The maximum absolute atomic E-state index is 8.85. The fourth-order valence-corrected chi connectivity index (χ4v) is 2.12. The summed E-state index contributed by atoms with van der Waals surface area (Å²) in [6, 6.07) is 3.94. The molecule has 0 aliphatic carbocycles. The molecular formula is C10H14N2OSSi. The lowest BCUT2D eigenvalue weighted by atomic mass is 10.2. The zero-order valence-electron chi connectivity index (χ0n) is 9.37. The van der Waals surface area contributed by atoms with E-state index in [-0.39, 0.29) is 0 Å². The Morgan fingerprint density at radius 1 is 1.53 bits per heavy atom. The Balaban J connectivity index is 2.86. The van der Waals surface area contributed by atoms with E-state index in [0.717, 1.165) is 10.6 Å². The Morgan fingerprint density at radius 3 is 2.73 bits per heavy atom. The standard InChI is InChI=1S/C10H14N2OSSi/c1-8(12-13-15(2,3)4)10-9(7-11)5-6-14-10/h5-6H,1-4H3/b12-8+. The summed E-state index contributed by atoms with van der Waals surface area (Å²) in [7, 11) is -1.63. The van der Waals surface area contributed by atoms with Crippen molar-refractivity contribution in [2.45, 2.75) is 26.6 Å². The van der Waals surface area contributed by atoms with E-state index in [9.17, 15) is 0 Å². The zero-order chi connectivity index (χ0) is 11.5. The maximum Gasteiger partial charge on any atom is 0.278 e. The second-order valence-corrected chi connectivity index (χ2v) is 9.48. The molecule has 3 nitrogen and oxygen atoms in total. The molecule has 80 valence electrons.